The van der Waals surface area contributed by atoms with Crippen LogP contribution in [-0.2, 0) is 54.4 Å². The molecule has 0 saturated carbocycles. The molecule has 1 fully saturated rings. The lowest BCUT2D eigenvalue weighted by atomic mass is 9.90. The molecular formula is C57H87FN8O13. The van der Waals surface area contributed by atoms with Crippen molar-refractivity contribution >= 4 is 58.9 Å². The highest BCUT2D eigenvalue weighted by molar-refractivity contribution is 6.00. The summed E-state index contributed by atoms with van der Waals surface area (Å²) in [5.74, 6) is -5.73. The predicted octanol–water partition coefficient (Wildman–Crippen LogP) is 5.24. The first-order chi connectivity index (χ1) is 37.4. The summed E-state index contributed by atoms with van der Waals surface area (Å²) in [4.78, 5) is 124. The number of nitrogens with one attached hydrogen (secondary N) is 5. The third-order valence-electron chi connectivity index (χ3n) is 14.5. The van der Waals surface area contributed by atoms with Gasteiger partial charge in [-0.15, -0.1) is 0 Å². The smallest absolute Gasteiger partial charge is 0.410 e. The Bertz CT molecular complexity index is 2370. The van der Waals surface area contributed by atoms with Crippen molar-refractivity contribution in [1.29, 1.82) is 0 Å². The van der Waals surface area contributed by atoms with Crippen LogP contribution in [0.4, 0.5) is 14.9 Å². The molecule has 440 valence electrons. The van der Waals surface area contributed by atoms with E-state index < -0.39 is 109 Å². The monoisotopic (exact) mass is 1110 g/mol. The number of nitrogens with zero attached hydrogens (tertiary/aromatic N) is 3. The summed E-state index contributed by atoms with van der Waals surface area (Å²) in [5.41, 5.74) is 0.816. The van der Waals surface area contributed by atoms with Crippen LogP contribution in [0.5, 0.6) is 5.75 Å². The minimum absolute atomic E-state index is 0.114. The maximum atomic E-state index is 14.6. The molecule has 0 bridgehead atoms. The second kappa shape index (κ2) is 33.0. The highest BCUT2D eigenvalue weighted by Gasteiger charge is 2.42. The standard InChI is InChI=1S/C57H87FN8O13/c1-14-16-17-20-46(68)63-50(34(3)4)55(73)60-31-47(69)62-39-23-21-38(22-24-39)33-79-57(75)65(10)51(35(5)6)56(74)61-32-49(71)64(9)52(36(7)15-2)45(77-12)29-48(70)66-27-18-19-43(66)53(78-13)37(8)54(72)59-30-44(67)41-26-25-40(76-11)28-42(41)58/h21-26,28,34-37,43,45,50-53H,14-20,27,29-33H2,1-13H3,(H,59,72)(H,60,73)(H,61,74)(H,62,69)(H,63,68)/t36-,37+,43-,45+,50?,51?,52?,53+/m0/s1. The number of methoxy groups -OCH3 is 3. The van der Waals surface area contributed by atoms with Crippen molar-refractivity contribution in [1.82, 2.24) is 36.0 Å². The van der Waals surface area contributed by atoms with Gasteiger partial charge in [0.15, 0.2) is 5.78 Å². The summed E-state index contributed by atoms with van der Waals surface area (Å²) in [6.45, 7) is 13.7. The van der Waals surface area contributed by atoms with Crippen molar-refractivity contribution in [2.24, 2.45) is 23.7 Å². The predicted molar refractivity (Wildman–Crippen MR) is 295 cm³/mol. The van der Waals surface area contributed by atoms with E-state index in [1.54, 1.807) is 57.0 Å². The Morgan fingerprint density at radius 1 is 0.759 bits per heavy atom. The van der Waals surface area contributed by atoms with Crippen molar-refractivity contribution in [2.45, 2.75) is 150 Å². The molecule has 5 N–H and O–H groups in total. The van der Waals surface area contributed by atoms with Crippen LogP contribution in [0.1, 0.15) is 123 Å². The summed E-state index contributed by atoms with van der Waals surface area (Å²) in [7, 11) is 7.30. The van der Waals surface area contributed by atoms with E-state index in [2.05, 4.69) is 26.6 Å². The van der Waals surface area contributed by atoms with Gasteiger partial charge in [-0.2, -0.15) is 0 Å². The zero-order valence-electron chi connectivity index (χ0n) is 48.5. The number of rotatable bonds is 32. The van der Waals surface area contributed by atoms with Gasteiger partial charge >= 0.3 is 6.09 Å². The van der Waals surface area contributed by atoms with Crippen LogP contribution in [-0.4, -0.2) is 166 Å². The van der Waals surface area contributed by atoms with Crippen molar-refractivity contribution < 1.29 is 66.5 Å². The number of carbonyl (C=O) groups excluding carboxylic acids is 9. The van der Waals surface area contributed by atoms with Gasteiger partial charge in [0.05, 0.1) is 68.9 Å². The van der Waals surface area contributed by atoms with Crippen LogP contribution in [0, 0.1) is 29.5 Å². The number of halogens is 1. The first-order valence-electron chi connectivity index (χ1n) is 27.3. The van der Waals surface area contributed by atoms with Gasteiger partial charge in [0.25, 0.3) is 0 Å². The average Bonchev–Trinajstić information content (AvgIpc) is 3.93. The molecule has 3 rings (SSSR count). The second-order valence-corrected chi connectivity index (χ2v) is 20.9. The van der Waals surface area contributed by atoms with E-state index in [9.17, 15) is 47.5 Å². The van der Waals surface area contributed by atoms with E-state index >= 15 is 0 Å². The molecule has 21 nitrogen and oxygen atoms in total. The summed E-state index contributed by atoms with van der Waals surface area (Å²) >= 11 is 0. The molecule has 2 aromatic rings. The number of hydrogen-bond acceptors (Lipinski definition) is 13. The number of likely N-dealkylation sites (N-methyl/N-ethyl adjacent to an activating group) is 2. The van der Waals surface area contributed by atoms with Crippen molar-refractivity contribution in [3.63, 3.8) is 0 Å². The van der Waals surface area contributed by atoms with E-state index in [-0.39, 0.29) is 54.5 Å². The van der Waals surface area contributed by atoms with Crippen molar-refractivity contribution in [3.05, 3.63) is 59.4 Å². The fraction of sp³-hybridized carbons (Fsp3) is 0.632. The molecule has 0 spiro atoms. The molecule has 1 saturated heterocycles. The van der Waals surface area contributed by atoms with Gasteiger partial charge < -0.3 is 55.3 Å². The fourth-order valence-corrected chi connectivity index (χ4v) is 9.76. The van der Waals surface area contributed by atoms with Gasteiger partial charge in [-0.05, 0) is 66.8 Å². The zero-order valence-corrected chi connectivity index (χ0v) is 48.5. The van der Waals surface area contributed by atoms with E-state index in [0.717, 1.165) is 30.2 Å². The SMILES string of the molecule is CCCCCC(=O)NC(C(=O)NCC(=O)Nc1ccc(COC(=O)N(C)C(C(=O)NCC(=O)N(C)C([C@@H](C)CC)[C@@H](CC(=O)N2CCC[C@H]2[C@H](OC)[C@@H](C)C(=O)NCC(=O)c2ccc(OC)cc2F)OC)C(C)C)cc1)C(C)C. The highest BCUT2D eigenvalue weighted by atomic mass is 19.1. The molecule has 0 aliphatic carbocycles. The van der Waals surface area contributed by atoms with Gasteiger partial charge in [0, 0.05) is 53.0 Å². The maximum absolute atomic E-state index is 14.6. The fourth-order valence-electron chi connectivity index (χ4n) is 9.76. The van der Waals surface area contributed by atoms with Crippen LogP contribution in [0.25, 0.3) is 0 Å². The molecule has 79 heavy (non-hydrogen) atoms. The molecule has 1 aliphatic rings. The Kier molecular flexibility index (Phi) is 27.9. The molecule has 8 atom stereocenters. The number of Topliss-reactive ketones (excluding diaryl/α,β-unsaturated/α-hetero) is 1. The highest BCUT2D eigenvalue weighted by Crippen LogP contribution is 2.30. The normalized spacial score (nSPS) is 15.8. The van der Waals surface area contributed by atoms with Gasteiger partial charge in [0.1, 0.15) is 30.3 Å². The zero-order chi connectivity index (χ0) is 59.1. The molecular weight excluding hydrogens is 1020 g/mol. The molecule has 1 heterocycles. The van der Waals surface area contributed by atoms with Gasteiger partial charge in [-0.1, -0.05) is 86.8 Å². The number of anilines is 1. The minimum Gasteiger partial charge on any atom is -0.497 e. The van der Waals surface area contributed by atoms with Crippen LogP contribution >= 0.6 is 0 Å². The van der Waals surface area contributed by atoms with E-state index in [4.69, 9.17) is 18.9 Å². The summed E-state index contributed by atoms with van der Waals surface area (Å²) in [6, 6.07) is 7.40. The first kappa shape index (κ1) is 66.6. The lowest BCUT2D eigenvalue weighted by Crippen LogP contribution is -2.55. The number of benzene rings is 2. The summed E-state index contributed by atoms with van der Waals surface area (Å²) in [6.07, 6.45) is 2.29. The maximum Gasteiger partial charge on any atom is 0.410 e. The topological polar surface area (TPSA) is 260 Å². The molecule has 0 aromatic heterocycles. The number of hydrogen-bond donors (Lipinski definition) is 5. The van der Waals surface area contributed by atoms with Crippen LogP contribution in [0.2, 0.25) is 0 Å². The number of ketones is 1. The number of likely N-dealkylation sites (tertiary alicyclic amines) is 1. The second-order valence-electron chi connectivity index (χ2n) is 20.9. The number of carbonyl (C=O) groups is 9. The van der Waals surface area contributed by atoms with E-state index in [1.165, 1.54) is 45.4 Å². The Morgan fingerprint density at radius 3 is 2.00 bits per heavy atom. The Labute approximate surface area is 465 Å². The van der Waals surface area contributed by atoms with E-state index in [1.807, 2.05) is 34.6 Å². The third kappa shape index (κ3) is 19.9. The first-order valence-corrected chi connectivity index (χ1v) is 27.3. The number of unbranched alkanes of at least 4 members (excludes halogenated alkanes) is 2. The van der Waals surface area contributed by atoms with Gasteiger partial charge in [-0.3, -0.25) is 43.3 Å². The number of amides is 8. The molecule has 8 amide bonds. The molecule has 0 radical (unpaired) electrons. The van der Waals surface area contributed by atoms with Crippen molar-refractivity contribution in [3.8, 4) is 5.75 Å². The van der Waals surface area contributed by atoms with Crippen molar-refractivity contribution in [2.75, 3.05) is 66.9 Å². The lowest BCUT2D eigenvalue weighted by Gasteiger charge is -2.39. The molecule has 3 unspecified atom stereocenters. The summed E-state index contributed by atoms with van der Waals surface area (Å²) in [5, 5.41) is 13.3. The largest absolute Gasteiger partial charge is 0.497 e. The van der Waals surface area contributed by atoms with E-state index in [0.29, 0.717) is 43.5 Å². The van der Waals surface area contributed by atoms with Gasteiger partial charge in [0.2, 0.25) is 41.4 Å². The van der Waals surface area contributed by atoms with Crippen LogP contribution < -0.4 is 31.3 Å². The lowest BCUT2D eigenvalue weighted by molar-refractivity contribution is -0.145. The van der Waals surface area contributed by atoms with Crippen LogP contribution in [0.15, 0.2) is 42.5 Å². The molecule has 22 heteroatoms. The van der Waals surface area contributed by atoms with Crippen LogP contribution in [0.3, 0.4) is 0 Å². The number of ether oxygens (including phenoxy) is 4. The van der Waals surface area contributed by atoms with Gasteiger partial charge in [-0.25, -0.2) is 9.18 Å². The minimum atomic E-state index is -1.03. The summed E-state index contributed by atoms with van der Waals surface area (Å²) < 4.78 is 36.9. The Hall–Kier alpha value is -6.68. The Morgan fingerprint density at radius 2 is 1.42 bits per heavy atom. The Balaban J connectivity index is 1.57. The third-order valence-corrected chi connectivity index (χ3v) is 14.5. The average molecular weight is 1110 g/mol. The molecule has 1 aliphatic heterocycles. The molecule has 2 aromatic carbocycles. The quantitative estimate of drug-likeness (QED) is 0.0465.